The van der Waals surface area contributed by atoms with Gasteiger partial charge in [-0.1, -0.05) is 6.07 Å². The first-order valence-corrected chi connectivity index (χ1v) is 8.35. The van der Waals surface area contributed by atoms with Gasteiger partial charge in [0.1, 0.15) is 0 Å². The van der Waals surface area contributed by atoms with Gasteiger partial charge < -0.3 is 10.2 Å². The lowest BCUT2D eigenvalue weighted by atomic mass is 10.2. The fourth-order valence-electron chi connectivity index (χ4n) is 2.19. The summed E-state index contributed by atoms with van der Waals surface area (Å²) in [5.74, 6) is 0. The molecule has 1 saturated carbocycles. The van der Waals surface area contributed by atoms with Crippen LogP contribution in [-0.2, 0) is 13.0 Å². The van der Waals surface area contributed by atoms with E-state index in [2.05, 4.69) is 35.2 Å². The minimum absolute atomic E-state index is 0.747. The molecule has 3 rings (SSSR count). The van der Waals surface area contributed by atoms with E-state index in [0.29, 0.717) is 0 Å². The Labute approximate surface area is 130 Å². The summed E-state index contributed by atoms with van der Waals surface area (Å²) in [5.41, 5.74) is 2.29. The van der Waals surface area contributed by atoms with Crippen LogP contribution in [0.1, 0.15) is 29.1 Å². The minimum Gasteiger partial charge on any atom is -0.351 e. The van der Waals surface area contributed by atoms with Gasteiger partial charge in [0.05, 0.1) is 5.69 Å². The lowest BCUT2D eigenvalue weighted by Crippen LogP contribution is -2.20. The second-order valence-corrected chi connectivity index (χ2v) is 6.71. The molecule has 1 N–H and O–H groups in total. The van der Waals surface area contributed by atoms with E-state index in [1.807, 2.05) is 18.3 Å². The second kappa shape index (κ2) is 6.54. The number of hydrogen-bond acceptors (Lipinski definition) is 5. The number of anilines is 1. The molecule has 0 amide bonds. The predicted octanol–water partition coefficient (Wildman–Crippen LogP) is 2.78. The van der Waals surface area contributed by atoms with Crippen LogP contribution in [0.3, 0.4) is 0 Å². The minimum atomic E-state index is 0.747. The number of rotatable bonds is 7. The Morgan fingerprint density at radius 1 is 1.38 bits per heavy atom. The lowest BCUT2D eigenvalue weighted by molar-refractivity contribution is 0.691. The average molecular weight is 302 g/mol. The Kier molecular flexibility index (Phi) is 4.51. The Bertz CT molecular complexity index is 577. The highest BCUT2D eigenvalue weighted by Crippen LogP contribution is 2.27. The van der Waals surface area contributed by atoms with Crippen LogP contribution >= 0.6 is 11.3 Å². The van der Waals surface area contributed by atoms with Crippen molar-refractivity contribution in [3.05, 3.63) is 40.7 Å². The van der Waals surface area contributed by atoms with Crippen molar-refractivity contribution in [2.45, 2.75) is 38.8 Å². The van der Waals surface area contributed by atoms with Gasteiger partial charge in [0.2, 0.25) is 0 Å². The van der Waals surface area contributed by atoms with Gasteiger partial charge in [-0.05, 0) is 31.9 Å². The van der Waals surface area contributed by atoms with Crippen molar-refractivity contribution in [1.29, 1.82) is 0 Å². The molecule has 0 saturated heterocycles. The van der Waals surface area contributed by atoms with Crippen molar-refractivity contribution in [3.63, 3.8) is 0 Å². The maximum Gasteiger partial charge on any atom is 0.185 e. The Hall–Kier alpha value is -1.46. The monoisotopic (exact) mass is 302 g/mol. The molecule has 5 heteroatoms. The van der Waals surface area contributed by atoms with Gasteiger partial charge >= 0.3 is 0 Å². The van der Waals surface area contributed by atoms with Gasteiger partial charge in [-0.3, -0.25) is 4.98 Å². The third-order valence-electron chi connectivity index (χ3n) is 3.77. The molecule has 0 aromatic carbocycles. The lowest BCUT2D eigenvalue weighted by Gasteiger charge is -2.15. The first-order chi connectivity index (χ1) is 10.2. The molecule has 0 radical (unpaired) electrons. The largest absolute Gasteiger partial charge is 0.351 e. The van der Waals surface area contributed by atoms with E-state index in [9.17, 15) is 0 Å². The molecule has 1 fully saturated rings. The summed E-state index contributed by atoms with van der Waals surface area (Å²) in [4.78, 5) is 12.7. The van der Waals surface area contributed by atoms with E-state index in [1.165, 1.54) is 17.7 Å². The van der Waals surface area contributed by atoms with E-state index in [4.69, 9.17) is 4.98 Å². The Balaban J connectivity index is 1.56. The van der Waals surface area contributed by atoms with Gasteiger partial charge in [-0.2, -0.15) is 0 Å². The van der Waals surface area contributed by atoms with Gasteiger partial charge in [-0.15, -0.1) is 11.3 Å². The van der Waals surface area contributed by atoms with E-state index < -0.39 is 0 Å². The van der Waals surface area contributed by atoms with E-state index >= 15 is 0 Å². The summed E-state index contributed by atoms with van der Waals surface area (Å²) < 4.78 is 0. The van der Waals surface area contributed by atoms with E-state index in [-0.39, 0.29) is 0 Å². The van der Waals surface area contributed by atoms with Crippen molar-refractivity contribution >= 4 is 16.5 Å². The fourth-order valence-corrected chi connectivity index (χ4v) is 3.19. The molecule has 0 aliphatic heterocycles. The number of thiazole rings is 1. The standard InChI is InChI=1S/C16H22N4S/c1-12-15(11-18-14-6-7-14)21-16(19-12)20(2)10-8-13-5-3-4-9-17-13/h3-5,9,14,18H,6-8,10-11H2,1-2H3. The molecule has 4 nitrogen and oxygen atoms in total. The normalized spacial score (nSPS) is 14.4. The SMILES string of the molecule is Cc1nc(N(C)CCc2ccccn2)sc1CNC1CC1. The molecule has 1 aliphatic carbocycles. The molecular weight excluding hydrogens is 280 g/mol. The van der Waals surface area contributed by atoms with Crippen LogP contribution in [0.2, 0.25) is 0 Å². The summed E-state index contributed by atoms with van der Waals surface area (Å²) >= 11 is 1.80. The smallest absolute Gasteiger partial charge is 0.185 e. The Morgan fingerprint density at radius 2 is 2.24 bits per heavy atom. The van der Waals surface area contributed by atoms with Crippen LogP contribution in [0.5, 0.6) is 0 Å². The predicted molar refractivity (Wildman–Crippen MR) is 87.9 cm³/mol. The highest BCUT2D eigenvalue weighted by atomic mass is 32.1. The van der Waals surface area contributed by atoms with Crippen molar-refractivity contribution in [2.24, 2.45) is 0 Å². The molecule has 2 aromatic rings. The van der Waals surface area contributed by atoms with Gasteiger partial charge in [0.15, 0.2) is 5.13 Å². The highest BCUT2D eigenvalue weighted by Gasteiger charge is 2.21. The van der Waals surface area contributed by atoms with Gasteiger partial charge in [-0.25, -0.2) is 4.98 Å². The zero-order chi connectivity index (χ0) is 14.7. The number of likely N-dealkylation sites (N-methyl/N-ethyl adjacent to an activating group) is 1. The van der Waals surface area contributed by atoms with E-state index in [0.717, 1.165) is 42.1 Å². The summed E-state index contributed by atoms with van der Waals surface area (Å²) in [5, 5.41) is 4.67. The number of nitrogens with zero attached hydrogens (tertiary/aromatic N) is 3. The molecule has 2 heterocycles. The highest BCUT2D eigenvalue weighted by molar-refractivity contribution is 7.15. The number of nitrogens with one attached hydrogen (secondary N) is 1. The van der Waals surface area contributed by atoms with Crippen LogP contribution in [0.4, 0.5) is 5.13 Å². The summed E-state index contributed by atoms with van der Waals surface area (Å²) in [7, 11) is 2.11. The topological polar surface area (TPSA) is 41.1 Å². The molecule has 0 bridgehead atoms. The van der Waals surface area contributed by atoms with Crippen molar-refractivity contribution in [3.8, 4) is 0 Å². The molecule has 21 heavy (non-hydrogen) atoms. The molecule has 0 atom stereocenters. The zero-order valence-corrected chi connectivity index (χ0v) is 13.5. The van der Waals surface area contributed by atoms with E-state index in [1.54, 1.807) is 11.3 Å². The molecule has 2 aromatic heterocycles. The summed E-state index contributed by atoms with van der Waals surface area (Å²) in [6.45, 7) is 4.01. The molecule has 1 aliphatic rings. The van der Waals surface area contributed by atoms with Crippen LogP contribution in [0.15, 0.2) is 24.4 Å². The maximum atomic E-state index is 4.71. The summed E-state index contributed by atoms with van der Waals surface area (Å²) in [6.07, 6.45) is 5.46. The van der Waals surface area contributed by atoms with Crippen molar-refractivity contribution in [1.82, 2.24) is 15.3 Å². The summed E-state index contributed by atoms with van der Waals surface area (Å²) in [6, 6.07) is 6.82. The van der Waals surface area contributed by atoms with Crippen molar-refractivity contribution in [2.75, 3.05) is 18.5 Å². The number of aryl methyl sites for hydroxylation is 1. The number of pyridine rings is 1. The van der Waals surface area contributed by atoms with Gasteiger partial charge in [0.25, 0.3) is 0 Å². The first kappa shape index (κ1) is 14.5. The number of hydrogen-bond donors (Lipinski definition) is 1. The molecule has 0 unspecified atom stereocenters. The Morgan fingerprint density at radius 3 is 2.95 bits per heavy atom. The quantitative estimate of drug-likeness (QED) is 0.854. The fraction of sp³-hybridized carbons (Fsp3) is 0.500. The number of aromatic nitrogens is 2. The van der Waals surface area contributed by atoms with Crippen LogP contribution in [-0.4, -0.2) is 29.6 Å². The van der Waals surface area contributed by atoms with Crippen LogP contribution in [0.25, 0.3) is 0 Å². The van der Waals surface area contributed by atoms with Crippen molar-refractivity contribution < 1.29 is 0 Å². The maximum absolute atomic E-state index is 4.71. The second-order valence-electron chi connectivity index (χ2n) is 5.65. The average Bonchev–Trinajstić information content (AvgIpc) is 3.26. The third kappa shape index (κ3) is 4.02. The third-order valence-corrected chi connectivity index (χ3v) is 5.04. The molecule has 112 valence electrons. The molecule has 0 spiro atoms. The van der Waals surface area contributed by atoms with Crippen LogP contribution in [0, 0.1) is 6.92 Å². The van der Waals surface area contributed by atoms with Gasteiger partial charge in [0, 0.05) is 49.4 Å². The van der Waals surface area contributed by atoms with Crippen LogP contribution < -0.4 is 10.2 Å². The zero-order valence-electron chi connectivity index (χ0n) is 12.7. The first-order valence-electron chi connectivity index (χ1n) is 7.53. The molecular formula is C16H22N4S.